The van der Waals surface area contributed by atoms with E-state index in [0.29, 0.717) is 12.3 Å². The Morgan fingerprint density at radius 2 is 1.50 bits per heavy atom. The van der Waals surface area contributed by atoms with E-state index in [2.05, 4.69) is 0 Å². The first-order valence-corrected chi connectivity index (χ1v) is 5.78. The summed E-state index contributed by atoms with van der Waals surface area (Å²) in [5.41, 5.74) is 5.53. The van der Waals surface area contributed by atoms with Crippen molar-refractivity contribution in [1.29, 1.82) is 0 Å². The number of hydrogen-bond acceptors (Lipinski definition) is 3. The molecule has 14 heavy (non-hydrogen) atoms. The third-order valence-corrected chi connectivity index (χ3v) is 3.37. The van der Waals surface area contributed by atoms with Crippen molar-refractivity contribution in [2.24, 2.45) is 17.6 Å². The van der Waals surface area contributed by atoms with Crippen LogP contribution in [-0.4, -0.2) is 23.0 Å². The summed E-state index contributed by atoms with van der Waals surface area (Å²) in [6.07, 6.45) is 6.60. The number of aliphatic hydroxyl groups excluding tert-OH is 1. The van der Waals surface area contributed by atoms with Crippen LogP contribution in [0.5, 0.6) is 0 Å². The zero-order valence-corrected chi connectivity index (χ0v) is 8.86. The Morgan fingerprint density at radius 3 is 1.93 bits per heavy atom. The Morgan fingerprint density at radius 1 is 1.00 bits per heavy atom. The van der Waals surface area contributed by atoms with Crippen LogP contribution in [0, 0.1) is 11.8 Å². The van der Waals surface area contributed by atoms with Crippen molar-refractivity contribution in [2.75, 3.05) is 6.54 Å². The van der Waals surface area contributed by atoms with E-state index < -0.39 is 6.29 Å². The van der Waals surface area contributed by atoms with Crippen molar-refractivity contribution in [3.05, 3.63) is 0 Å². The highest BCUT2D eigenvalue weighted by molar-refractivity contribution is 4.73. The Bertz CT molecular complexity index is 142. The molecule has 0 heterocycles. The van der Waals surface area contributed by atoms with Gasteiger partial charge < -0.3 is 15.9 Å². The molecule has 84 valence electrons. The summed E-state index contributed by atoms with van der Waals surface area (Å²) >= 11 is 0. The summed E-state index contributed by atoms with van der Waals surface area (Å²) in [6.45, 7) is 0.810. The van der Waals surface area contributed by atoms with E-state index in [-0.39, 0.29) is 0 Å². The second-order valence-corrected chi connectivity index (χ2v) is 4.52. The smallest absolute Gasteiger partial charge is 0.151 e. The van der Waals surface area contributed by atoms with Gasteiger partial charge in [0.15, 0.2) is 6.29 Å². The zero-order chi connectivity index (χ0) is 10.4. The van der Waals surface area contributed by atoms with Gasteiger partial charge in [-0.3, -0.25) is 0 Å². The fraction of sp³-hybridized carbons (Fsp3) is 1.00. The molecule has 0 atom stereocenters. The molecule has 1 aliphatic rings. The van der Waals surface area contributed by atoms with Crippen molar-refractivity contribution in [3.63, 3.8) is 0 Å². The van der Waals surface area contributed by atoms with Crippen molar-refractivity contribution in [2.45, 2.75) is 51.2 Å². The van der Waals surface area contributed by atoms with E-state index in [1.807, 2.05) is 0 Å². The number of nitrogens with two attached hydrogens (primary N) is 1. The quantitative estimate of drug-likeness (QED) is 0.586. The molecule has 0 saturated heterocycles. The van der Waals surface area contributed by atoms with Crippen LogP contribution < -0.4 is 5.73 Å². The average molecular weight is 201 g/mol. The van der Waals surface area contributed by atoms with Gasteiger partial charge in [-0.25, -0.2) is 0 Å². The molecule has 4 N–H and O–H groups in total. The van der Waals surface area contributed by atoms with Crippen LogP contribution in [0.3, 0.4) is 0 Å². The van der Waals surface area contributed by atoms with Gasteiger partial charge in [0.25, 0.3) is 0 Å². The minimum Gasteiger partial charge on any atom is -0.368 e. The average Bonchev–Trinajstić information content (AvgIpc) is 2.17. The normalized spacial score (nSPS) is 28.3. The van der Waals surface area contributed by atoms with E-state index in [9.17, 15) is 0 Å². The van der Waals surface area contributed by atoms with Gasteiger partial charge in [-0.2, -0.15) is 0 Å². The topological polar surface area (TPSA) is 66.5 Å². The molecule has 1 rings (SSSR count). The summed E-state index contributed by atoms with van der Waals surface area (Å²) in [6, 6.07) is 0. The summed E-state index contributed by atoms with van der Waals surface area (Å²) in [4.78, 5) is 0. The monoisotopic (exact) mass is 201 g/mol. The van der Waals surface area contributed by atoms with Crippen molar-refractivity contribution >= 4 is 0 Å². The highest BCUT2D eigenvalue weighted by atomic mass is 16.5. The number of aliphatic hydroxyl groups is 2. The van der Waals surface area contributed by atoms with Gasteiger partial charge in [0.2, 0.25) is 0 Å². The Hall–Kier alpha value is -0.120. The van der Waals surface area contributed by atoms with Gasteiger partial charge in [0.1, 0.15) is 0 Å². The Labute approximate surface area is 86.3 Å². The third kappa shape index (κ3) is 4.40. The summed E-state index contributed by atoms with van der Waals surface area (Å²) < 4.78 is 0. The van der Waals surface area contributed by atoms with Gasteiger partial charge in [-0.1, -0.05) is 25.7 Å². The molecule has 0 spiro atoms. The predicted molar refractivity (Wildman–Crippen MR) is 56.6 cm³/mol. The summed E-state index contributed by atoms with van der Waals surface area (Å²) in [5.74, 6) is 1.54. The maximum absolute atomic E-state index is 8.76. The van der Waals surface area contributed by atoms with E-state index in [0.717, 1.165) is 25.3 Å². The standard InChI is InChI=1S/C11H23NO2/c12-8-7-10-3-1-9(2-4-10)5-6-11(13)14/h9-11,13-14H,1-8,12H2. The molecular weight excluding hydrogens is 178 g/mol. The summed E-state index contributed by atoms with van der Waals surface area (Å²) in [5, 5.41) is 17.5. The first-order valence-electron chi connectivity index (χ1n) is 5.78. The molecule has 0 amide bonds. The lowest BCUT2D eigenvalue weighted by atomic mass is 9.79. The maximum Gasteiger partial charge on any atom is 0.151 e. The molecule has 0 aliphatic heterocycles. The van der Waals surface area contributed by atoms with Crippen LogP contribution in [0.25, 0.3) is 0 Å². The molecule has 0 aromatic heterocycles. The van der Waals surface area contributed by atoms with Gasteiger partial charge in [0, 0.05) is 0 Å². The highest BCUT2D eigenvalue weighted by Gasteiger charge is 2.20. The molecule has 1 fully saturated rings. The SMILES string of the molecule is NCCC1CCC(CCC(O)O)CC1. The van der Waals surface area contributed by atoms with Crippen molar-refractivity contribution in [1.82, 2.24) is 0 Å². The molecule has 0 radical (unpaired) electrons. The highest BCUT2D eigenvalue weighted by Crippen LogP contribution is 2.32. The van der Waals surface area contributed by atoms with Crippen LogP contribution in [0.2, 0.25) is 0 Å². The Balaban J connectivity index is 2.09. The first-order chi connectivity index (χ1) is 6.72. The fourth-order valence-corrected chi connectivity index (χ4v) is 2.43. The van der Waals surface area contributed by atoms with Crippen LogP contribution in [0.4, 0.5) is 0 Å². The molecule has 0 unspecified atom stereocenters. The van der Waals surface area contributed by atoms with Crippen LogP contribution in [0.1, 0.15) is 44.9 Å². The van der Waals surface area contributed by atoms with Crippen LogP contribution >= 0.6 is 0 Å². The minimum atomic E-state index is -1.11. The third-order valence-electron chi connectivity index (χ3n) is 3.37. The predicted octanol–water partition coefficient (Wildman–Crippen LogP) is 1.23. The molecular formula is C11H23NO2. The van der Waals surface area contributed by atoms with Crippen LogP contribution in [0.15, 0.2) is 0 Å². The second-order valence-electron chi connectivity index (χ2n) is 4.52. The van der Waals surface area contributed by atoms with Gasteiger partial charge in [0.05, 0.1) is 0 Å². The zero-order valence-electron chi connectivity index (χ0n) is 8.86. The Kier molecular flexibility index (Phi) is 5.45. The molecule has 3 heteroatoms. The maximum atomic E-state index is 8.76. The van der Waals surface area contributed by atoms with E-state index in [1.54, 1.807) is 0 Å². The van der Waals surface area contributed by atoms with Crippen molar-refractivity contribution in [3.8, 4) is 0 Å². The number of rotatable bonds is 5. The van der Waals surface area contributed by atoms with E-state index in [1.165, 1.54) is 25.7 Å². The van der Waals surface area contributed by atoms with E-state index in [4.69, 9.17) is 15.9 Å². The van der Waals surface area contributed by atoms with Gasteiger partial charge in [-0.05, 0) is 37.6 Å². The fourth-order valence-electron chi connectivity index (χ4n) is 2.43. The lowest BCUT2D eigenvalue weighted by Crippen LogP contribution is -2.18. The molecule has 3 nitrogen and oxygen atoms in total. The lowest BCUT2D eigenvalue weighted by Gasteiger charge is -2.28. The van der Waals surface area contributed by atoms with E-state index >= 15 is 0 Å². The summed E-state index contributed by atoms with van der Waals surface area (Å²) in [7, 11) is 0. The number of hydrogen-bond donors (Lipinski definition) is 3. The van der Waals surface area contributed by atoms with Crippen molar-refractivity contribution < 1.29 is 10.2 Å². The second kappa shape index (κ2) is 6.38. The first kappa shape index (κ1) is 12.0. The molecule has 0 aromatic carbocycles. The molecule has 0 bridgehead atoms. The minimum absolute atomic E-state index is 0.534. The van der Waals surface area contributed by atoms with Gasteiger partial charge >= 0.3 is 0 Å². The van der Waals surface area contributed by atoms with Crippen LogP contribution in [-0.2, 0) is 0 Å². The molecule has 0 aromatic rings. The van der Waals surface area contributed by atoms with Gasteiger partial charge in [-0.15, -0.1) is 0 Å². The largest absolute Gasteiger partial charge is 0.368 e. The molecule has 1 aliphatic carbocycles. The molecule has 1 saturated carbocycles. The lowest BCUT2D eigenvalue weighted by molar-refractivity contribution is -0.0499.